The third kappa shape index (κ3) is 6.51. The number of nitrogens with zero attached hydrogens (tertiary/aromatic N) is 2. The molecule has 10 heteroatoms. The highest BCUT2D eigenvalue weighted by Crippen LogP contribution is 2.35. The average Bonchev–Trinajstić information content (AvgIpc) is 3.26. The minimum absolute atomic E-state index is 0.0433. The van der Waals surface area contributed by atoms with Gasteiger partial charge >= 0.3 is 12.1 Å². The predicted molar refractivity (Wildman–Crippen MR) is 133 cm³/mol. The zero-order valence-electron chi connectivity index (χ0n) is 21.5. The van der Waals surface area contributed by atoms with Gasteiger partial charge in [0.1, 0.15) is 17.3 Å². The summed E-state index contributed by atoms with van der Waals surface area (Å²) < 4.78 is 22.5. The number of rotatable bonds is 10. The number of benzene rings is 1. The Morgan fingerprint density at radius 2 is 1.92 bits per heavy atom. The first-order chi connectivity index (χ1) is 17.0. The summed E-state index contributed by atoms with van der Waals surface area (Å²) in [6.45, 7) is 9.60. The number of ether oxygens (including phenoxy) is 3. The first kappa shape index (κ1) is 26.9. The summed E-state index contributed by atoms with van der Waals surface area (Å²) in [6, 6.07) is 6.19. The number of hydrogen-bond donors (Lipinski definition) is 2. The maximum atomic E-state index is 12.4. The van der Waals surface area contributed by atoms with Gasteiger partial charge in [-0.25, -0.2) is 19.6 Å². The summed E-state index contributed by atoms with van der Waals surface area (Å²) in [5.74, 6) is -0.704. The first-order valence-corrected chi connectivity index (χ1v) is 11.8. The maximum Gasteiger partial charge on any atom is 0.407 e. The largest absolute Gasteiger partial charge is 0.494 e. The molecule has 2 aromatic heterocycles. The molecule has 0 unspecified atom stereocenters. The van der Waals surface area contributed by atoms with E-state index in [1.807, 2.05) is 46.8 Å². The molecule has 0 radical (unpaired) electrons. The molecule has 1 amide bonds. The van der Waals surface area contributed by atoms with Gasteiger partial charge in [0.25, 0.3) is 0 Å². The van der Waals surface area contributed by atoms with Gasteiger partial charge in [-0.15, -0.1) is 0 Å². The number of aromatic nitrogens is 2. The monoisotopic (exact) mass is 499 g/mol. The standard InChI is InChI=1S/C26H33N3O7/c1-7-8-13-34-25(32)28-18(14-35-26(3,4)5)22-21(24(30)31)29-23(36-22)17-11-12-19(33-6)20-16(17)10-9-15(2)27-20/h9-12,18H,7-8,13-14H2,1-6H3,(H,28,32)(H,30,31)/t18-/m0/s1. The van der Waals surface area contributed by atoms with Gasteiger partial charge in [0.2, 0.25) is 5.89 Å². The van der Waals surface area contributed by atoms with Gasteiger partial charge in [-0.3, -0.25) is 0 Å². The Labute approximate surface area is 210 Å². The molecule has 2 N–H and O–H groups in total. The second kappa shape index (κ2) is 11.4. The van der Waals surface area contributed by atoms with Crippen LogP contribution in [0.2, 0.25) is 0 Å². The van der Waals surface area contributed by atoms with E-state index in [9.17, 15) is 14.7 Å². The molecular weight excluding hydrogens is 466 g/mol. The van der Waals surface area contributed by atoms with E-state index in [4.69, 9.17) is 18.6 Å². The number of aromatic carboxylic acids is 1. The molecule has 2 heterocycles. The van der Waals surface area contributed by atoms with Crippen molar-refractivity contribution in [3.8, 4) is 17.2 Å². The zero-order valence-corrected chi connectivity index (χ0v) is 21.5. The molecular formula is C26H33N3O7. The fraction of sp³-hybridized carbons (Fsp3) is 0.462. The minimum Gasteiger partial charge on any atom is -0.494 e. The molecule has 0 saturated heterocycles. The number of unbranched alkanes of at least 4 members (excludes halogenated alkanes) is 1. The van der Waals surface area contributed by atoms with Crippen LogP contribution in [0.15, 0.2) is 28.7 Å². The van der Waals surface area contributed by atoms with Gasteiger partial charge in [-0.1, -0.05) is 19.4 Å². The van der Waals surface area contributed by atoms with Crippen molar-refractivity contribution in [1.82, 2.24) is 15.3 Å². The Balaban J connectivity index is 2.07. The van der Waals surface area contributed by atoms with Crippen molar-refractivity contribution in [2.45, 2.75) is 59.1 Å². The van der Waals surface area contributed by atoms with Gasteiger partial charge in [0.15, 0.2) is 11.5 Å². The Kier molecular flexibility index (Phi) is 8.52. The maximum absolute atomic E-state index is 12.4. The van der Waals surface area contributed by atoms with Crippen LogP contribution in [0.1, 0.15) is 68.5 Å². The summed E-state index contributed by atoms with van der Waals surface area (Å²) in [7, 11) is 1.55. The van der Waals surface area contributed by atoms with Crippen molar-refractivity contribution in [2.24, 2.45) is 0 Å². The number of aryl methyl sites for hydroxylation is 1. The lowest BCUT2D eigenvalue weighted by Crippen LogP contribution is -2.35. The van der Waals surface area contributed by atoms with Crippen LogP contribution in [0, 0.1) is 6.92 Å². The van der Waals surface area contributed by atoms with Gasteiger partial charge in [0.05, 0.1) is 25.9 Å². The molecule has 0 aliphatic carbocycles. The lowest BCUT2D eigenvalue weighted by molar-refractivity contribution is -0.0174. The third-order valence-electron chi connectivity index (χ3n) is 5.29. The van der Waals surface area contributed by atoms with Crippen LogP contribution in [0.25, 0.3) is 22.4 Å². The van der Waals surface area contributed by atoms with Gasteiger partial charge in [-0.05, 0) is 52.3 Å². The van der Waals surface area contributed by atoms with Crippen LogP contribution in [-0.4, -0.2) is 53.1 Å². The molecule has 3 rings (SSSR count). The van der Waals surface area contributed by atoms with E-state index in [1.54, 1.807) is 19.2 Å². The Morgan fingerprint density at radius 1 is 1.17 bits per heavy atom. The van der Waals surface area contributed by atoms with E-state index >= 15 is 0 Å². The topological polar surface area (TPSA) is 133 Å². The average molecular weight is 500 g/mol. The van der Waals surface area contributed by atoms with Gasteiger partial charge < -0.3 is 29.1 Å². The molecule has 0 aliphatic heterocycles. The van der Waals surface area contributed by atoms with Gasteiger partial charge in [-0.2, -0.15) is 0 Å². The number of oxazole rings is 1. The van der Waals surface area contributed by atoms with E-state index in [0.29, 0.717) is 28.6 Å². The fourth-order valence-corrected chi connectivity index (χ4v) is 3.49. The molecule has 36 heavy (non-hydrogen) atoms. The Bertz CT molecular complexity index is 1230. The highest BCUT2D eigenvalue weighted by Gasteiger charge is 2.31. The SMILES string of the molecule is CCCCOC(=O)N[C@@H](COC(C)(C)C)c1oc(-c2ccc(OC)c3nc(C)ccc23)nc1C(=O)O. The van der Waals surface area contributed by atoms with Crippen molar-refractivity contribution in [1.29, 1.82) is 0 Å². The second-order valence-corrected chi connectivity index (χ2v) is 9.31. The van der Waals surface area contributed by atoms with Gasteiger partial charge in [0, 0.05) is 16.6 Å². The summed E-state index contributed by atoms with van der Waals surface area (Å²) >= 11 is 0. The van der Waals surface area contributed by atoms with Crippen LogP contribution >= 0.6 is 0 Å². The number of nitrogens with one attached hydrogen (secondary N) is 1. The quantitative estimate of drug-likeness (QED) is 0.357. The molecule has 0 fully saturated rings. The smallest absolute Gasteiger partial charge is 0.407 e. The molecule has 0 bridgehead atoms. The zero-order chi connectivity index (χ0) is 26.5. The van der Waals surface area contributed by atoms with Crippen LogP contribution in [-0.2, 0) is 9.47 Å². The third-order valence-corrected chi connectivity index (χ3v) is 5.29. The van der Waals surface area contributed by atoms with Crippen molar-refractivity contribution >= 4 is 23.0 Å². The Morgan fingerprint density at radius 3 is 2.56 bits per heavy atom. The van der Waals surface area contributed by atoms with Crippen LogP contribution in [0.5, 0.6) is 5.75 Å². The number of pyridine rings is 1. The van der Waals surface area contributed by atoms with Crippen LogP contribution in [0.3, 0.4) is 0 Å². The summed E-state index contributed by atoms with van der Waals surface area (Å²) in [4.78, 5) is 33.4. The summed E-state index contributed by atoms with van der Waals surface area (Å²) in [6.07, 6.45) is 0.874. The number of hydrogen-bond acceptors (Lipinski definition) is 8. The number of amides is 1. The lowest BCUT2D eigenvalue weighted by atomic mass is 10.1. The number of carbonyl (C=O) groups is 2. The molecule has 194 valence electrons. The van der Waals surface area contributed by atoms with Crippen LogP contribution in [0.4, 0.5) is 4.79 Å². The van der Waals surface area contributed by atoms with Crippen molar-refractivity contribution in [3.05, 3.63) is 41.4 Å². The van der Waals surface area contributed by atoms with Crippen LogP contribution < -0.4 is 10.1 Å². The van der Waals surface area contributed by atoms with E-state index in [1.165, 1.54) is 0 Å². The first-order valence-electron chi connectivity index (χ1n) is 11.8. The van der Waals surface area contributed by atoms with Crippen molar-refractivity contribution < 1.29 is 33.3 Å². The van der Waals surface area contributed by atoms with E-state index in [-0.39, 0.29) is 30.6 Å². The lowest BCUT2D eigenvalue weighted by Gasteiger charge is -2.24. The second-order valence-electron chi connectivity index (χ2n) is 9.31. The molecule has 1 atom stereocenters. The molecule has 0 saturated carbocycles. The van der Waals surface area contributed by atoms with E-state index in [0.717, 1.165) is 12.1 Å². The summed E-state index contributed by atoms with van der Waals surface area (Å²) in [5.41, 5.74) is 1.05. The predicted octanol–water partition coefficient (Wildman–Crippen LogP) is 5.29. The summed E-state index contributed by atoms with van der Waals surface area (Å²) in [5, 5.41) is 13.3. The van der Waals surface area contributed by atoms with E-state index < -0.39 is 23.7 Å². The number of alkyl carbamates (subject to hydrolysis) is 1. The minimum atomic E-state index is -1.30. The normalized spacial score (nSPS) is 12.4. The number of carboxylic acids is 1. The molecule has 1 aromatic carbocycles. The van der Waals surface area contributed by atoms with E-state index in [2.05, 4.69) is 15.3 Å². The number of fused-ring (bicyclic) bond motifs is 1. The number of carbonyl (C=O) groups excluding carboxylic acids is 1. The highest BCUT2D eigenvalue weighted by atomic mass is 16.5. The van der Waals surface area contributed by atoms with Crippen molar-refractivity contribution in [3.63, 3.8) is 0 Å². The van der Waals surface area contributed by atoms with Crippen molar-refractivity contribution in [2.75, 3.05) is 20.3 Å². The molecule has 0 aliphatic rings. The molecule has 3 aromatic rings. The number of carboxylic acid groups (broad SMARTS) is 1. The molecule has 10 nitrogen and oxygen atoms in total. The Hall–Kier alpha value is -3.66. The highest BCUT2D eigenvalue weighted by molar-refractivity contribution is 5.97. The number of methoxy groups -OCH3 is 1. The fourth-order valence-electron chi connectivity index (χ4n) is 3.49. The molecule has 0 spiro atoms.